The zero-order valence-electron chi connectivity index (χ0n) is 12.5. The molecule has 0 aromatic heterocycles. The molecule has 0 unspecified atom stereocenters. The molecule has 0 aromatic rings. The molecule has 1 N–H and O–H groups in total. The normalized spacial score (nSPS) is 29.0. The lowest BCUT2D eigenvalue weighted by atomic mass is 9.67. The molecule has 2 atom stereocenters. The number of allylic oxidation sites excluding steroid dienone is 2. The van der Waals surface area contributed by atoms with E-state index in [9.17, 15) is 9.90 Å². The van der Waals surface area contributed by atoms with Crippen LogP contribution < -0.4 is 0 Å². The third kappa shape index (κ3) is 3.94. The largest absolute Gasteiger partial charge is 0.390 e. The second kappa shape index (κ2) is 5.56. The number of carbonyl (C=O) groups excluding carboxylic acids is 1. The molecule has 0 aromatic carbocycles. The van der Waals surface area contributed by atoms with Crippen molar-refractivity contribution in [3.05, 3.63) is 11.6 Å². The number of hydrogen-bond acceptors (Lipinski definition) is 2. The average molecular weight is 252 g/mol. The van der Waals surface area contributed by atoms with E-state index in [2.05, 4.69) is 19.9 Å². The van der Waals surface area contributed by atoms with Crippen LogP contribution in [0.1, 0.15) is 66.7 Å². The molecule has 0 bridgehead atoms. The molecule has 0 radical (unpaired) electrons. The highest BCUT2D eigenvalue weighted by Gasteiger charge is 2.37. The zero-order valence-corrected chi connectivity index (χ0v) is 12.5. The first-order chi connectivity index (χ1) is 8.15. The van der Waals surface area contributed by atoms with Gasteiger partial charge in [0.25, 0.3) is 0 Å². The summed E-state index contributed by atoms with van der Waals surface area (Å²) in [5, 5.41) is 9.69. The monoisotopic (exact) mass is 252 g/mol. The third-order valence-electron chi connectivity index (χ3n) is 4.55. The summed E-state index contributed by atoms with van der Waals surface area (Å²) in [6, 6.07) is 0. The van der Waals surface area contributed by atoms with Gasteiger partial charge in [-0.1, -0.05) is 25.5 Å². The molecule has 1 aliphatic rings. The van der Waals surface area contributed by atoms with Crippen LogP contribution in [0.25, 0.3) is 0 Å². The van der Waals surface area contributed by atoms with Crippen molar-refractivity contribution in [1.29, 1.82) is 0 Å². The summed E-state index contributed by atoms with van der Waals surface area (Å²) in [7, 11) is 0. The van der Waals surface area contributed by atoms with Crippen LogP contribution in [-0.2, 0) is 4.79 Å². The van der Waals surface area contributed by atoms with E-state index >= 15 is 0 Å². The molecule has 1 aliphatic carbocycles. The molecule has 0 aliphatic heterocycles. The van der Waals surface area contributed by atoms with Crippen LogP contribution in [0.15, 0.2) is 11.6 Å². The molecule has 18 heavy (non-hydrogen) atoms. The van der Waals surface area contributed by atoms with Crippen LogP contribution in [0.5, 0.6) is 0 Å². The Balaban J connectivity index is 2.54. The Bertz CT molecular complexity index is 335. The lowest BCUT2D eigenvalue weighted by molar-refractivity contribution is -0.128. The van der Waals surface area contributed by atoms with Crippen molar-refractivity contribution >= 4 is 5.78 Å². The number of hydrogen-bond donors (Lipinski definition) is 1. The fraction of sp³-hybridized carbons (Fsp3) is 0.812. The molecule has 2 heteroatoms. The first-order valence-electron chi connectivity index (χ1n) is 7.08. The Kier molecular flexibility index (Phi) is 4.77. The van der Waals surface area contributed by atoms with Gasteiger partial charge in [-0.25, -0.2) is 0 Å². The SMILES string of the molecule is CC(=O)[C@]1(C)CCC(CCCC(C)(C)O)=C[C@H]1C. The fourth-order valence-corrected chi connectivity index (χ4v) is 2.72. The van der Waals surface area contributed by atoms with Crippen LogP contribution in [0, 0.1) is 11.3 Å². The molecule has 2 nitrogen and oxygen atoms in total. The molecule has 1 rings (SSSR count). The van der Waals surface area contributed by atoms with Gasteiger partial charge in [0.05, 0.1) is 5.60 Å². The van der Waals surface area contributed by atoms with Crippen molar-refractivity contribution in [2.24, 2.45) is 11.3 Å². The number of rotatable bonds is 5. The summed E-state index contributed by atoms with van der Waals surface area (Å²) in [5.74, 6) is 0.641. The summed E-state index contributed by atoms with van der Waals surface area (Å²) in [4.78, 5) is 11.7. The van der Waals surface area contributed by atoms with Crippen LogP contribution in [0.3, 0.4) is 0 Å². The Labute approximate surface area is 111 Å². The first kappa shape index (κ1) is 15.4. The van der Waals surface area contributed by atoms with Crippen LogP contribution in [0.4, 0.5) is 0 Å². The minimum atomic E-state index is -0.561. The smallest absolute Gasteiger partial charge is 0.136 e. The Morgan fingerprint density at radius 3 is 2.61 bits per heavy atom. The van der Waals surface area contributed by atoms with Crippen molar-refractivity contribution in [2.45, 2.75) is 72.3 Å². The van der Waals surface area contributed by atoms with Crippen molar-refractivity contribution in [2.75, 3.05) is 0 Å². The number of carbonyl (C=O) groups is 1. The lowest BCUT2D eigenvalue weighted by Gasteiger charge is -2.36. The van der Waals surface area contributed by atoms with E-state index in [1.807, 2.05) is 13.8 Å². The summed E-state index contributed by atoms with van der Waals surface area (Å²) in [6.45, 7) is 9.67. The van der Waals surface area contributed by atoms with Gasteiger partial charge >= 0.3 is 0 Å². The van der Waals surface area contributed by atoms with E-state index < -0.39 is 5.60 Å². The molecule has 104 valence electrons. The minimum Gasteiger partial charge on any atom is -0.390 e. The third-order valence-corrected chi connectivity index (χ3v) is 4.55. The van der Waals surface area contributed by atoms with Crippen LogP contribution >= 0.6 is 0 Å². The quantitative estimate of drug-likeness (QED) is 0.754. The van der Waals surface area contributed by atoms with Crippen LogP contribution in [-0.4, -0.2) is 16.5 Å². The van der Waals surface area contributed by atoms with E-state index in [0.717, 1.165) is 32.1 Å². The highest BCUT2D eigenvalue weighted by molar-refractivity contribution is 5.82. The molecular formula is C16H28O2. The molecule has 0 amide bonds. The van der Waals surface area contributed by atoms with Gasteiger partial charge in [-0.15, -0.1) is 0 Å². The Hall–Kier alpha value is -0.630. The zero-order chi connectivity index (χ0) is 14.0. The van der Waals surface area contributed by atoms with Gasteiger partial charge in [0.15, 0.2) is 0 Å². The van der Waals surface area contributed by atoms with E-state index in [0.29, 0.717) is 11.7 Å². The molecule has 0 spiro atoms. The summed E-state index contributed by atoms with van der Waals surface area (Å²) in [6.07, 6.45) is 7.21. The predicted octanol–water partition coefficient (Wildman–Crippen LogP) is 3.88. The Morgan fingerprint density at radius 2 is 2.17 bits per heavy atom. The highest BCUT2D eigenvalue weighted by atomic mass is 16.3. The van der Waals surface area contributed by atoms with Crippen molar-refractivity contribution in [1.82, 2.24) is 0 Å². The predicted molar refractivity (Wildman–Crippen MR) is 75.4 cm³/mol. The summed E-state index contributed by atoms with van der Waals surface area (Å²) >= 11 is 0. The summed E-state index contributed by atoms with van der Waals surface area (Å²) in [5.41, 5.74) is 0.736. The molecule has 0 saturated heterocycles. The topological polar surface area (TPSA) is 37.3 Å². The standard InChI is InChI=1S/C16H28O2/c1-12-11-14(7-6-9-15(3,4)18)8-10-16(12,5)13(2)17/h11-12,18H,6-10H2,1-5H3/t12-,16-/m1/s1. The second-order valence-corrected chi connectivity index (χ2v) is 6.75. The minimum absolute atomic E-state index is 0.167. The van der Waals surface area contributed by atoms with Gasteiger partial charge in [0, 0.05) is 5.41 Å². The van der Waals surface area contributed by atoms with Crippen molar-refractivity contribution in [3.63, 3.8) is 0 Å². The number of aliphatic hydroxyl groups is 1. The average Bonchev–Trinajstić information content (AvgIpc) is 2.21. The van der Waals surface area contributed by atoms with Crippen molar-refractivity contribution in [3.8, 4) is 0 Å². The van der Waals surface area contributed by atoms with Crippen LogP contribution in [0.2, 0.25) is 0 Å². The van der Waals surface area contributed by atoms with E-state index in [4.69, 9.17) is 0 Å². The fourth-order valence-electron chi connectivity index (χ4n) is 2.72. The molecule has 0 heterocycles. The number of Topliss-reactive ketones (excluding diaryl/α,β-unsaturated/α-hetero) is 1. The molecular weight excluding hydrogens is 224 g/mol. The van der Waals surface area contributed by atoms with Gasteiger partial charge in [-0.3, -0.25) is 4.79 Å². The van der Waals surface area contributed by atoms with Gasteiger partial charge in [-0.05, 0) is 58.8 Å². The van der Waals surface area contributed by atoms with Gasteiger partial charge < -0.3 is 5.11 Å². The van der Waals surface area contributed by atoms with Crippen molar-refractivity contribution < 1.29 is 9.90 Å². The Morgan fingerprint density at radius 1 is 1.56 bits per heavy atom. The first-order valence-corrected chi connectivity index (χ1v) is 7.08. The van der Waals surface area contributed by atoms with Gasteiger partial charge in [0.2, 0.25) is 0 Å². The highest BCUT2D eigenvalue weighted by Crippen LogP contribution is 2.41. The van der Waals surface area contributed by atoms with E-state index in [1.54, 1.807) is 6.92 Å². The second-order valence-electron chi connectivity index (χ2n) is 6.75. The van der Waals surface area contributed by atoms with E-state index in [1.165, 1.54) is 5.57 Å². The maximum absolute atomic E-state index is 11.7. The maximum atomic E-state index is 11.7. The maximum Gasteiger partial charge on any atom is 0.136 e. The molecule has 0 saturated carbocycles. The van der Waals surface area contributed by atoms with Gasteiger partial charge in [-0.2, -0.15) is 0 Å². The van der Waals surface area contributed by atoms with E-state index in [-0.39, 0.29) is 5.41 Å². The van der Waals surface area contributed by atoms with Gasteiger partial charge in [0.1, 0.15) is 5.78 Å². The summed E-state index contributed by atoms with van der Waals surface area (Å²) < 4.78 is 0. The lowest BCUT2D eigenvalue weighted by Crippen LogP contribution is -2.34. The number of ketones is 1. The molecule has 0 fully saturated rings.